The van der Waals surface area contributed by atoms with Crippen LogP contribution in [-0.2, 0) is 0 Å². The van der Waals surface area contributed by atoms with E-state index in [1.807, 2.05) is 25.9 Å². The highest BCUT2D eigenvalue weighted by atomic mass is 32.1. The fourth-order valence-corrected chi connectivity index (χ4v) is 3.96. The first-order valence-electron chi connectivity index (χ1n) is 9.73. The van der Waals surface area contributed by atoms with Crippen LogP contribution in [0.3, 0.4) is 0 Å². The maximum Gasteiger partial charge on any atom is 0.251 e. The average Bonchev–Trinajstić information content (AvgIpc) is 3.07. The molecule has 4 N–H and O–H groups in total. The van der Waals surface area contributed by atoms with Crippen LogP contribution in [0.25, 0.3) is 0 Å². The normalized spacial score (nSPS) is 11.9. The van der Waals surface area contributed by atoms with Crippen LogP contribution in [-0.4, -0.2) is 48.3 Å². The molecule has 0 unspecified atom stereocenters. The SMILES string of the molecule is C[C@H](CN(C)C)NC(=O)c1ccc(Nc2nc(N)c(C(=O)c3c(F)cccc3F)s2)cc1. The summed E-state index contributed by atoms with van der Waals surface area (Å²) < 4.78 is 27.9. The molecule has 0 aliphatic rings. The van der Waals surface area contributed by atoms with Crippen LogP contribution >= 0.6 is 11.3 Å². The van der Waals surface area contributed by atoms with Crippen LogP contribution in [0.2, 0.25) is 0 Å². The predicted molar refractivity (Wildman–Crippen MR) is 122 cm³/mol. The van der Waals surface area contributed by atoms with Crippen LogP contribution < -0.4 is 16.4 Å². The number of hydrogen-bond donors (Lipinski definition) is 3. The monoisotopic (exact) mass is 459 g/mol. The van der Waals surface area contributed by atoms with E-state index in [2.05, 4.69) is 15.6 Å². The summed E-state index contributed by atoms with van der Waals surface area (Å²) in [5, 5.41) is 6.18. The molecule has 0 radical (unpaired) electrons. The molecule has 1 amide bonds. The van der Waals surface area contributed by atoms with Gasteiger partial charge >= 0.3 is 0 Å². The number of ketones is 1. The van der Waals surface area contributed by atoms with Gasteiger partial charge in [-0.05, 0) is 57.4 Å². The second kappa shape index (κ2) is 9.84. The summed E-state index contributed by atoms with van der Waals surface area (Å²) in [5.74, 6) is -3.13. The lowest BCUT2D eigenvalue weighted by atomic mass is 10.1. The summed E-state index contributed by atoms with van der Waals surface area (Å²) in [5.41, 5.74) is 6.24. The van der Waals surface area contributed by atoms with Crippen LogP contribution in [0.5, 0.6) is 0 Å². The molecule has 3 aromatic rings. The van der Waals surface area contributed by atoms with Crippen molar-refractivity contribution in [3.05, 3.63) is 70.1 Å². The standard InChI is InChI=1S/C22H23F2N5O2S/c1-12(11-29(2)3)26-21(31)13-7-9-14(10-8-13)27-22-28-20(25)19(32-22)18(30)17-15(23)5-4-6-16(17)24/h4-10,12H,11,25H2,1-3H3,(H,26,31)(H,27,28)/t12-/m1/s1. The Morgan fingerprint density at radius 2 is 1.75 bits per heavy atom. The summed E-state index contributed by atoms with van der Waals surface area (Å²) in [6.07, 6.45) is 0. The zero-order valence-corrected chi connectivity index (χ0v) is 18.6. The van der Waals surface area contributed by atoms with Gasteiger partial charge in [-0.1, -0.05) is 17.4 Å². The molecule has 168 valence electrons. The van der Waals surface area contributed by atoms with Crippen LogP contribution in [0.4, 0.5) is 25.4 Å². The molecule has 0 aliphatic carbocycles. The molecular weight excluding hydrogens is 436 g/mol. The number of amides is 1. The number of carbonyl (C=O) groups is 2. The molecular formula is C22H23F2N5O2S. The van der Waals surface area contributed by atoms with Gasteiger partial charge in [-0.25, -0.2) is 13.8 Å². The van der Waals surface area contributed by atoms with Gasteiger partial charge in [-0.3, -0.25) is 9.59 Å². The third-order valence-corrected chi connectivity index (χ3v) is 5.45. The smallest absolute Gasteiger partial charge is 0.251 e. The van der Waals surface area contributed by atoms with Crippen molar-refractivity contribution in [2.45, 2.75) is 13.0 Å². The van der Waals surface area contributed by atoms with Crippen molar-refractivity contribution >= 4 is 39.7 Å². The van der Waals surface area contributed by atoms with Crippen molar-refractivity contribution in [3.8, 4) is 0 Å². The van der Waals surface area contributed by atoms with Gasteiger partial charge in [0, 0.05) is 23.8 Å². The third-order valence-electron chi connectivity index (χ3n) is 4.46. The molecule has 2 aromatic carbocycles. The summed E-state index contributed by atoms with van der Waals surface area (Å²) >= 11 is 0.885. The highest BCUT2D eigenvalue weighted by Gasteiger charge is 2.24. The number of nitrogens with two attached hydrogens (primary N) is 1. The Hall–Kier alpha value is -3.37. The summed E-state index contributed by atoms with van der Waals surface area (Å²) in [7, 11) is 3.86. The van der Waals surface area contributed by atoms with Gasteiger partial charge in [0.25, 0.3) is 5.91 Å². The summed E-state index contributed by atoms with van der Waals surface area (Å²) in [4.78, 5) is 30.9. The molecule has 10 heteroatoms. The number of nitrogens with zero attached hydrogens (tertiary/aromatic N) is 2. The Morgan fingerprint density at radius 3 is 2.34 bits per heavy atom. The van der Waals surface area contributed by atoms with Crippen molar-refractivity contribution in [2.75, 3.05) is 31.7 Å². The molecule has 1 aromatic heterocycles. The van der Waals surface area contributed by atoms with Gasteiger partial charge in [0.2, 0.25) is 5.78 Å². The fraction of sp³-hybridized carbons (Fsp3) is 0.227. The largest absolute Gasteiger partial charge is 0.382 e. The highest BCUT2D eigenvalue weighted by molar-refractivity contribution is 7.18. The van der Waals surface area contributed by atoms with E-state index in [0.29, 0.717) is 17.8 Å². The molecule has 0 aliphatic heterocycles. The van der Waals surface area contributed by atoms with E-state index in [0.717, 1.165) is 23.5 Å². The van der Waals surface area contributed by atoms with Crippen LogP contribution in [0.15, 0.2) is 42.5 Å². The lowest BCUT2D eigenvalue weighted by Crippen LogP contribution is -2.39. The Kier molecular flexibility index (Phi) is 7.16. The Balaban J connectivity index is 1.71. The minimum atomic E-state index is -0.967. The third kappa shape index (κ3) is 5.45. The number of nitrogens with one attached hydrogen (secondary N) is 2. The van der Waals surface area contributed by atoms with E-state index in [-0.39, 0.29) is 27.8 Å². The first-order valence-corrected chi connectivity index (χ1v) is 10.5. The number of aromatic nitrogens is 1. The molecule has 32 heavy (non-hydrogen) atoms. The van der Waals surface area contributed by atoms with Gasteiger partial charge in [-0.2, -0.15) is 0 Å². The number of halogens is 2. The first kappa shape index (κ1) is 23.3. The van der Waals surface area contributed by atoms with Gasteiger partial charge in [0.1, 0.15) is 22.3 Å². The lowest BCUT2D eigenvalue weighted by molar-refractivity contribution is 0.0933. The van der Waals surface area contributed by atoms with Crippen molar-refractivity contribution in [1.29, 1.82) is 0 Å². The number of anilines is 3. The topological polar surface area (TPSA) is 100 Å². The van der Waals surface area contributed by atoms with Gasteiger partial charge in [0.15, 0.2) is 5.13 Å². The second-order valence-corrected chi connectivity index (χ2v) is 8.50. The minimum Gasteiger partial charge on any atom is -0.382 e. The number of likely N-dealkylation sites (N-methyl/N-ethyl adjacent to an activating group) is 1. The van der Waals surface area contributed by atoms with Gasteiger partial charge in [0.05, 0.1) is 5.56 Å². The molecule has 7 nitrogen and oxygen atoms in total. The summed E-state index contributed by atoms with van der Waals surface area (Å²) in [6, 6.07) is 9.84. The lowest BCUT2D eigenvalue weighted by Gasteiger charge is -2.18. The molecule has 3 rings (SSSR count). The zero-order valence-electron chi connectivity index (χ0n) is 17.8. The molecule has 1 atom stereocenters. The van der Waals surface area contributed by atoms with Crippen molar-refractivity contribution < 1.29 is 18.4 Å². The number of hydrogen-bond acceptors (Lipinski definition) is 7. The van der Waals surface area contributed by atoms with E-state index < -0.39 is 23.0 Å². The Bertz CT molecular complexity index is 1110. The minimum absolute atomic E-state index is 0.0103. The van der Waals surface area contributed by atoms with Crippen molar-refractivity contribution in [3.63, 3.8) is 0 Å². The Labute approximate surface area is 188 Å². The van der Waals surface area contributed by atoms with E-state index in [4.69, 9.17) is 5.73 Å². The van der Waals surface area contributed by atoms with E-state index in [1.165, 1.54) is 6.07 Å². The first-order chi connectivity index (χ1) is 15.2. The molecule has 0 bridgehead atoms. The maximum absolute atomic E-state index is 13.9. The molecule has 0 fully saturated rings. The van der Waals surface area contributed by atoms with E-state index in [9.17, 15) is 18.4 Å². The zero-order chi connectivity index (χ0) is 23.4. The Morgan fingerprint density at radius 1 is 1.12 bits per heavy atom. The van der Waals surface area contributed by atoms with Crippen LogP contribution in [0, 0.1) is 11.6 Å². The number of benzene rings is 2. The summed E-state index contributed by atoms with van der Waals surface area (Å²) in [6.45, 7) is 2.64. The molecule has 0 spiro atoms. The predicted octanol–water partition coefficient (Wildman–Crippen LogP) is 3.66. The number of thiazole rings is 1. The fourth-order valence-electron chi connectivity index (χ4n) is 3.11. The van der Waals surface area contributed by atoms with Gasteiger partial charge in [-0.15, -0.1) is 0 Å². The quantitative estimate of drug-likeness (QED) is 0.445. The van der Waals surface area contributed by atoms with Crippen molar-refractivity contribution in [1.82, 2.24) is 15.2 Å². The highest BCUT2D eigenvalue weighted by Crippen LogP contribution is 2.31. The number of carbonyl (C=O) groups excluding carboxylic acids is 2. The van der Waals surface area contributed by atoms with E-state index in [1.54, 1.807) is 24.3 Å². The second-order valence-electron chi connectivity index (χ2n) is 7.50. The molecule has 1 heterocycles. The van der Waals surface area contributed by atoms with Crippen molar-refractivity contribution in [2.24, 2.45) is 0 Å². The number of rotatable bonds is 8. The molecule has 0 saturated heterocycles. The maximum atomic E-state index is 13.9. The van der Waals surface area contributed by atoms with E-state index >= 15 is 0 Å². The van der Waals surface area contributed by atoms with Gasteiger partial charge < -0.3 is 21.3 Å². The average molecular weight is 460 g/mol. The number of nitrogen functional groups attached to an aromatic ring is 1. The van der Waals surface area contributed by atoms with Crippen LogP contribution in [0.1, 0.15) is 32.5 Å². The molecule has 0 saturated carbocycles.